The molecular formula is C11H15NO3S. The average Bonchev–Trinajstić information content (AvgIpc) is 2.26. The first-order valence-corrected chi connectivity index (χ1v) is 6.81. The maximum Gasteiger partial charge on any atom is 0.244 e. The molecule has 5 heteroatoms. The Bertz CT molecular complexity index is 467. The number of hydrogen-bond acceptors (Lipinski definition) is 3. The van der Waals surface area contributed by atoms with E-state index in [4.69, 9.17) is 0 Å². The third-order valence-corrected chi connectivity index (χ3v) is 3.95. The Kier molecular flexibility index (Phi) is 3.70. The fourth-order valence-corrected chi connectivity index (χ4v) is 1.76. The first-order chi connectivity index (χ1) is 7.34. The van der Waals surface area contributed by atoms with Crippen molar-refractivity contribution in [2.45, 2.75) is 12.2 Å². The van der Waals surface area contributed by atoms with Crippen LogP contribution in [0.2, 0.25) is 0 Å². The van der Waals surface area contributed by atoms with E-state index in [1.807, 2.05) is 6.07 Å². The number of carbonyl (C=O) groups excluding carboxylic acids is 1. The van der Waals surface area contributed by atoms with Gasteiger partial charge < -0.3 is 4.90 Å². The van der Waals surface area contributed by atoms with Gasteiger partial charge >= 0.3 is 0 Å². The molecule has 1 atom stereocenters. The molecule has 0 N–H and O–H groups in total. The number of rotatable bonds is 3. The molecule has 0 unspecified atom stereocenters. The van der Waals surface area contributed by atoms with Crippen LogP contribution in [0.5, 0.6) is 0 Å². The van der Waals surface area contributed by atoms with E-state index in [-0.39, 0.29) is 0 Å². The van der Waals surface area contributed by atoms with E-state index in [2.05, 4.69) is 0 Å². The van der Waals surface area contributed by atoms with Crippen LogP contribution >= 0.6 is 0 Å². The van der Waals surface area contributed by atoms with Gasteiger partial charge in [-0.25, -0.2) is 8.42 Å². The minimum absolute atomic E-state index is 0.422. The average molecular weight is 241 g/mol. The highest BCUT2D eigenvalue weighted by Crippen LogP contribution is 2.14. The second kappa shape index (κ2) is 4.65. The van der Waals surface area contributed by atoms with E-state index in [0.717, 1.165) is 6.26 Å². The number of hydrogen-bond donors (Lipinski definition) is 0. The van der Waals surface area contributed by atoms with Crippen molar-refractivity contribution in [3.8, 4) is 0 Å². The fourth-order valence-electron chi connectivity index (χ4n) is 1.23. The molecule has 0 aliphatic heterocycles. The fraction of sp³-hybridized carbons (Fsp3) is 0.364. The van der Waals surface area contributed by atoms with Crippen molar-refractivity contribution in [2.75, 3.05) is 18.2 Å². The van der Waals surface area contributed by atoms with Crippen LogP contribution in [0.3, 0.4) is 0 Å². The summed E-state index contributed by atoms with van der Waals surface area (Å²) in [5, 5.41) is -1.02. The van der Waals surface area contributed by atoms with Crippen molar-refractivity contribution >= 4 is 21.4 Å². The van der Waals surface area contributed by atoms with E-state index in [1.54, 1.807) is 31.3 Å². The molecule has 0 fully saturated rings. The summed E-state index contributed by atoms with van der Waals surface area (Å²) in [6.07, 6.45) is 1.06. The summed E-state index contributed by atoms with van der Waals surface area (Å²) >= 11 is 0. The summed E-state index contributed by atoms with van der Waals surface area (Å²) in [7, 11) is -1.78. The van der Waals surface area contributed by atoms with E-state index in [0.29, 0.717) is 5.69 Å². The Hall–Kier alpha value is -1.36. The second-order valence-electron chi connectivity index (χ2n) is 3.70. The smallest absolute Gasteiger partial charge is 0.244 e. The lowest BCUT2D eigenvalue weighted by molar-refractivity contribution is -0.117. The molecular weight excluding hydrogens is 226 g/mol. The van der Waals surface area contributed by atoms with Gasteiger partial charge in [-0.1, -0.05) is 18.2 Å². The zero-order valence-corrected chi connectivity index (χ0v) is 10.4. The molecule has 0 radical (unpaired) electrons. The molecule has 0 saturated heterocycles. The molecule has 0 spiro atoms. The summed E-state index contributed by atoms with van der Waals surface area (Å²) < 4.78 is 22.5. The van der Waals surface area contributed by atoms with Crippen LogP contribution in [-0.2, 0) is 14.6 Å². The summed E-state index contributed by atoms with van der Waals surface area (Å²) in [4.78, 5) is 13.2. The van der Waals surface area contributed by atoms with Crippen molar-refractivity contribution in [1.29, 1.82) is 0 Å². The summed E-state index contributed by atoms with van der Waals surface area (Å²) in [5.74, 6) is -0.422. The lowest BCUT2D eigenvalue weighted by atomic mass is 10.3. The second-order valence-corrected chi connectivity index (χ2v) is 6.07. The molecule has 1 aromatic rings. The molecule has 4 nitrogen and oxygen atoms in total. The summed E-state index contributed by atoms with van der Waals surface area (Å²) in [5.41, 5.74) is 0.683. The van der Waals surface area contributed by atoms with Crippen LogP contribution < -0.4 is 4.90 Å². The number of sulfone groups is 1. The molecule has 1 aromatic carbocycles. The zero-order valence-electron chi connectivity index (χ0n) is 9.54. The van der Waals surface area contributed by atoms with Gasteiger partial charge in [0, 0.05) is 19.0 Å². The van der Waals surface area contributed by atoms with Gasteiger partial charge in [0.05, 0.1) is 0 Å². The third kappa shape index (κ3) is 2.82. The van der Waals surface area contributed by atoms with E-state index in [9.17, 15) is 13.2 Å². The summed E-state index contributed by atoms with van der Waals surface area (Å²) in [6, 6.07) is 8.94. The van der Waals surface area contributed by atoms with Gasteiger partial charge in [0.25, 0.3) is 0 Å². The lowest BCUT2D eigenvalue weighted by Crippen LogP contribution is -2.38. The molecule has 0 heterocycles. The highest BCUT2D eigenvalue weighted by atomic mass is 32.2. The SMILES string of the molecule is C[C@H](C(=O)N(C)c1ccccc1)S(C)(=O)=O. The standard InChI is InChI=1S/C11H15NO3S/c1-9(16(3,14)15)11(13)12(2)10-7-5-4-6-8-10/h4-9H,1-3H3/t9-/m1/s1. The molecule has 0 aliphatic rings. The topological polar surface area (TPSA) is 54.5 Å². The first kappa shape index (κ1) is 12.7. The van der Waals surface area contributed by atoms with E-state index < -0.39 is 21.0 Å². The molecule has 1 amide bonds. The zero-order chi connectivity index (χ0) is 12.3. The Morgan fingerprint density at radius 1 is 1.25 bits per heavy atom. The maximum atomic E-state index is 11.8. The van der Waals surface area contributed by atoms with Crippen molar-refractivity contribution < 1.29 is 13.2 Å². The minimum Gasteiger partial charge on any atom is -0.314 e. The predicted molar refractivity (Wildman–Crippen MR) is 64.2 cm³/mol. The van der Waals surface area contributed by atoms with Crippen LogP contribution in [0.4, 0.5) is 5.69 Å². The molecule has 16 heavy (non-hydrogen) atoms. The number of anilines is 1. The molecule has 0 saturated carbocycles. The minimum atomic E-state index is -3.35. The molecule has 1 rings (SSSR count). The monoisotopic (exact) mass is 241 g/mol. The Labute approximate surface area is 95.8 Å². The molecule has 0 bridgehead atoms. The van der Waals surface area contributed by atoms with Gasteiger partial charge in [-0.15, -0.1) is 0 Å². The van der Waals surface area contributed by atoms with Gasteiger partial charge in [-0.2, -0.15) is 0 Å². The van der Waals surface area contributed by atoms with Crippen LogP contribution in [0.15, 0.2) is 30.3 Å². The lowest BCUT2D eigenvalue weighted by Gasteiger charge is -2.20. The quantitative estimate of drug-likeness (QED) is 0.795. The Morgan fingerprint density at radius 2 is 1.75 bits per heavy atom. The number of amides is 1. The van der Waals surface area contributed by atoms with Crippen molar-refractivity contribution in [1.82, 2.24) is 0 Å². The van der Waals surface area contributed by atoms with Crippen LogP contribution in [-0.4, -0.2) is 32.9 Å². The van der Waals surface area contributed by atoms with Crippen molar-refractivity contribution in [3.63, 3.8) is 0 Å². The third-order valence-electron chi connectivity index (χ3n) is 2.46. The van der Waals surface area contributed by atoms with Gasteiger partial charge in [-0.05, 0) is 19.1 Å². The predicted octanol–water partition coefficient (Wildman–Crippen LogP) is 1.08. The van der Waals surface area contributed by atoms with Gasteiger partial charge in [0.1, 0.15) is 5.25 Å². The van der Waals surface area contributed by atoms with E-state index in [1.165, 1.54) is 11.8 Å². The van der Waals surface area contributed by atoms with Crippen molar-refractivity contribution in [3.05, 3.63) is 30.3 Å². The van der Waals surface area contributed by atoms with Crippen molar-refractivity contribution in [2.24, 2.45) is 0 Å². The summed E-state index contributed by atoms with van der Waals surface area (Å²) in [6.45, 7) is 1.40. The van der Waals surface area contributed by atoms with Crippen LogP contribution in [0.1, 0.15) is 6.92 Å². The van der Waals surface area contributed by atoms with Gasteiger partial charge in [0.2, 0.25) is 5.91 Å². The van der Waals surface area contributed by atoms with Crippen LogP contribution in [0, 0.1) is 0 Å². The molecule has 0 aliphatic carbocycles. The Morgan fingerprint density at radius 3 is 2.19 bits per heavy atom. The van der Waals surface area contributed by atoms with E-state index >= 15 is 0 Å². The van der Waals surface area contributed by atoms with Gasteiger partial charge in [0.15, 0.2) is 9.84 Å². The van der Waals surface area contributed by atoms with Crippen LogP contribution in [0.25, 0.3) is 0 Å². The van der Waals surface area contributed by atoms with Gasteiger partial charge in [-0.3, -0.25) is 4.79 Å². The molecule has 88 valence electrons. The number of nitrogens with zero attached hydrogens (tertiary/aromatic N) is 1. The number of para-hydroxylation sites is 1. The highest BCUT2D eigenvalue weighted by Gasteiger charge is 2.26. The highest BCUT2D eigenvalue weighted by molar-refractivity contribution is 7.92. The molecule has 0 aromatic heterocycles. The maximum absolute atomic E-state index is 11.8. The Balaban J connectivity index is 2.92. The number of carbonyl (C=O) groups is 1. The first-order valence-electron chi connectivity index (χ1n) is 4.85. The largest absolute Gasteiger partial charge is 0.314 e. The normalized spacial score (nSPS) is 13.2. The number of benzene rings is 1.